The Morgan fingerprint density at radius 2 is 0.716 bits per heavy atom. The first-order valence-corrected chi connectivity index (χ1v) is 30.8. The highest BCUT2D eigenvalue weighted by molar-refractivity contribution is 7.42. The lowest BCUT2D eigenvalue weighted by Gasteiger charge is -2.46. The second kappa shape index (κ2) is 36.6. The summed E-state index contributed by atoms with van der Waals surface area (Å²) in [5.74, 6) is 3.29. The molecule has 2 fully saturated rings. The Balaban J connectivity index is 1.29. The van der Waals surface area contributed by atoms with Gasteiger partial charge >= 0.3 is 17.2 Å². The lowest BCUT2D eigenvalue weighted by molar-refractivity contribution is 0.00598. The van der Waals surface area contributed by atoms with Crippen molar-refractivity contribution in [2.75, 3.05) is 13.2 Å². The molecule has 4 rings (SSSR count). The molecule has 2 aliphatic carbocycles. The van der Waals surface area contributed by atoms with Gasteiger partial charge in [-0.15, -0.1) is 0 Å². The van der Waals surface area contributed by atoms with Gasteiger partial charge in [-0.2, -0.15) is 0 Å². The predicted molar refractivity (Wildman–Crippen MR) is 288 cm³/mol. The first kappa shape index (κ1) is 58.3. The molecule has 0 N–H and O–H groups in total. The van der Waals surface area contributed by atoms with Crippen molar-refractivity contribution < 1.29 is 27.1 Å². The van der Waals surface area contributed by atoms with Crippen LogP contribution in [0.5, 0.6) is 11.5 Å². The zero-order valence-corrected chi connectivity index (χ0v) is 46.0. The molecule has 67 heavy (non-hydrogen) atoms. The predicted octanol–water partition coefficient (Wildman–Crippen LogP) is 20.3. The van der Waals surface area contributed by atoms with E-state index < -0.39 is 17.2 Å². The zero-order valence-electron chi connectivity index (χ0n) is 44.2. The highest BCUT2D eigenvalue weighted by Crippen LogP contribution is 2.53. The van der Waals surface area contributed by atoms with E-state index in [0.717, 1.165) is 62.9 Å². The number of benzene rings is 2. The van der Waals surface area contributed by atoms with E-state index in [9.17, 15) is 0 Å². The van der Waals surface area contributed by atoms with Crippen molar-refractivity contribution >= 4 is 17.2 Å². The number of hydrogen-bond acceptors (Lipinski definition) is 6. The van der Waals surface area contributed by atoms with Crippen LogP contribution in [0, 0.1) is 17.3 Å². The fraction of sp³-hybridized carbons (Fsp3) is 0.797. The van der Waals surface area contributed by atoms with Crippen molar-refractivity contribution in [1.82, 2.24) is 0 Å². The van der Waals surface area contributed by atoms with E-state index in [1.54, 1.807) is 0 Å². The van der Waals surface area contributed by atoms with Crippen LogP contribution in [0.3, 0.4) is 0 Å². The Morgan fingerprint density at radius 1 is 0.403 bits per heavy atom. The molecule has 6 nitrogen and oxygen atoms in total. The third kappa shape index (κ3) is 24.1. The smallest absolute Gasteiger partial charge is 0.397 e. The van der Waals surface area contributed by atoms with Gasteiger partial charge in [0.15, 0.2) is 0 Å². The maximum Gasteiger partial charge on any atom is 0.397 e. The molecule has 8 heteroatoms. The van der Waals surface area contributed by atoms with E-state index in [2.05, 4.69) is 90.1 Å². The van der Waals surface area contributed by atoms with Gasteiger partial charge in [-0.05, 0) is 130 Å². The standard InChI is InChI=1S/C59H102O6P2/c1-7-11-15-19-23-27-35-51-37-29-31-39-57(51)64-66(60-49-33-25-21-17-13-9-3)62-55-45-41-53(42-46-55)59(5,6)54-43-47-56(48-44-54)63-67(61-50-34-26-22-18-14-10-4)65-58-40-32-30-38-52(58)36-28-24-20-16-12-8-2/h29-32,37-40,53-56H,7-28,33-36,41-50H2,1-6H3. The summed E-state index contributed by atoms with van der Waals surface area (Å²) in [4.78, 5) is 0. The molecule has 0 radical (unpaired) electrons. The van der Waals surface area contributed by atoms with Crippen LogP contribution >= 0.6 is 17.2 Å². The number of aryl methyl sites for hydroxylation is 2. The Morgan fingerprint density at radius 3 is 1.07 bits per heavy atom. The van der Waals surface area contributed by atoms with Crippen molar-refractivity contribution in [2.24, 2.45) is 17.3 Å². The lowest BCUT2D eigenvalue weighted by Crippen LogP contribution is -2.39. The molecule has 2 saturated carbocycles. The molecular formula is C59H102O6P2. The first-order chi connectivity index (χ1) is 32.9. The van der Waals surface area contributed by atoms with Crippen molar-refractivity contribution in [3.8, 4) is 11.5 Å². The molecule has 2 unspecified atom stereocenters. The maximum absolute atomic E-state index is 6.85. The van der Waals surface area contributed by atoms with Crippen LogP contribution in [-0.4, -0.2) is 25.4 Å². The zero-order chi connectivity index (χ0) is 47.6. The van der Waals surface area contributed by atoms with E-state index in [-0.39, 0.29) is 17.6 Å². The topological polar surface area (TPSA) is 55.4 Å². The summed E-state index contributed by atoms with van der Waals surface area (Å²) in [7, 11) is -2.93. The third-order valence-corrected chi connectivity index (χ3v) is 17.6. The van der Waals surface area contributed by atoms with Gasteiger partial charge in [-0.25, -0.2) is 0 Å². The molecule has 2 atom stereocenters. The average molecular weight is 969 g/mol. The number of para-hydroxylation sites is 2. The van der Waals surface area contributed by atoms with Gasteiger partial charge in [0.1, 0.15) is 11.5 Å². The monoisotopic (exact) mass is 969 g/mol. The summed E-state index contributed by atoms with van der Waals surface area (Å²) in [6.07, 6.45) is 42.1. The van der Waals surface area contributed by atoms with Crippen molar-refractivity contribution in [3.63, 3.8) is 0 Å². The molecule has 0 bridgehead atoms. The third-order valence-electron chi connectivity index (χ3n) is 15.2. The van der Waals surface area contributed by atoms with Gasteiger partial charge in [0, 0.05) is 0 Å². The van der Waals surface area contributed by atoms with Gasteiger partial charge in [0.05, 0.1) is 25.4 Å². The summed E-state index contributed by atoms with van der Waals surface area (Å²) < 4.78 is 40.2. The molecule has 2 aromatic rings. The van der Waals surface area contributed by atoms with Crippen molar-refractivity contribution in [2.45, 2.75) is 272 Å². The Hall–Kier alpha value is -1.26. The molecule has 2 aromatic carbocycles. The van der Waals surface area contributed by atoms with E-state index in [0.29, 0.717) is 25.0 Å². The minimum absolute atomic E-state index is 0.184. The van der Waals surface area contributed by atoms with Crippen molar-refractivity contribution in [3.05, 3.63) is 59.7 Å². The Kier molecular flexibility index (Phi) is 31.9. The quantitative estimate of drug-likeness (QED) is 0.0490. The minimum Gasteiger partial charge on any atom is -0.426 e. The molecule has 0 saturated heterocycles. The van der Waals surface area contributed by atoms with Gasteiger partial charge < -0.3 is 18.1 Å². The second-order valence-corrected chi connectivity index (χ2v) is 23.3. The Bertz CT molecular complexity index is 1370. The van der Waals surface area contributed by atoms with Crippen LogP contribution in [-0.2, 0) is 30.9 Å². The molecule has 0 amide bonds. The second-order valence-electron chi connectivity index (χ2n) is 21.1. The van der Waals surface area contributed by atoms with Crippen LogP contribution in [0.15, 0.2) is 48.5 Å². The largest absolute Gasteiger partial charge is 0.426 e. The first-order valence-electron chi connectivity index (χ1n) is 28.6. The van der Waals surface area contributed by atoms with Gasteiger partial charge in [-0.1, -0.05) is 206 Å². The van der Waals surface area contributed by atoms with E-state index in [4.69, 9.17) is 27.1 Å². The van der Waals surface area contributed by atoms with Crippen LogP contribution in [0.25, 0.3) is 0 Å². The maximum atomic E-state index is 6.85. The molecule has 0 heterocycles. The van der Waals surface area contributed by atoms with E-state index in [1.165, 1.54) is 178 Å². The van der Waals surface area contributed by atoms with Gasteiger partial charge in [0.25, 0.3) is 0 Å². The van der Waals surface area contributed by atoms with Crippen molar-refractivity contribution in [1.29, 1.82) is 0 Å². The summed E-state index contributed by atoms with van der Waals surface area (Å²) in [5, 5.41) is 0. The van der Waals surface area contributed by atoms with Crippen LogP contribution in [0.1, 0.15) is 258 Å². The molecular weight excluding hydrogens is 867 g/mol. The number of unbranched alkanes of at least 4 members (excludes halogenated alkanes) is 20. The molecule has 0 spiro atoms. The van der Waals surface area contributed by atoms with Gasteiger partial charge in [0.2, 0.25) is 0 Å². The normalized spacial score (nSPS) is 19.9. The highest BCUT2D eigenvalue weighted by Gasteiger charge is 2.42. The number of rotatable bonds is 40. The summed E-state index contributed by atoms with van der Waals surface area (Å²) in [5.41, 5.74) is 2.85. The lowest BCUT2D eigenvalue weighted by atomic mass is 9.60. The van der Waals surface area contributed by atoms with Crippen LogP contribution in [0.2, 0.25) is 0 Å². The minimum atomic E-state index is -1.46. The molecule has 2 aliphatic rings. The van der Waals surface area contributed by atoms with Crippen LogP contribution < -0.4 is 9.05 Å². The van der Waals surface area contributed by atoms with E-state index >= 15 is 0 Å². The molecule has 384 valence electrons. The fourth-order valence-electron chi connectivity index (χ4n) is 10.6. The summed E-state index contributed by atoms with van der Waals surface area (Å²) in [6, 6.07) is 17.3. The Labute approximate surface area is 416 Å². The van der Waals surface area contributed by atoms with Crippen LogP contribution in [0.4, 0.5) is 0 Å². The molecule has 0 aliphatic heterocycles. The summed E-state index contributed by atoms with van der Waals surface area (Å²) >= 11 is 0. The van der Waals surface area contributed by atoms with Gasteiger partial charge in [-0.3, -0.25) is 9.05 Å². The SMILES string of the molecule is CCCCCCCCOP(Oc1ccccc1CCCCCCCC)OC1CCC(C(C)(C)C2CCC(OP(OCCCCCCCC)Oc3ccccc3CCCCCCCC)CC2)CC1. The molecule has 0 aromatic heterocycles. The highest BCUT2D eigenvalue weighted by atomic mass is 31.2. The number of hydrogen-bond donors (Lipinski definition) is 0. The summed E-state index contributed by atoms with van der Waals surface area (Å²) in [6.45, 7) is 15.7. The average Bonchev–Trinajstić information content (AvgIpc) is 3.34. The fourth-order valence-corrected chi connectivity index (χ4v) is 13.0. The van der Waals surface area contributed by atoms with E-state index in [1.807, 2.05) is 0 Å².